The molecule has 0 amide bonds. The van der Waals surface area contributed by atoms with Crippen LogP contribution in [0.15, 0.2) is 61.2 Å². The molecule has 1 heterocycles. The lowest BCUT2D eigenvalue weighted by molar-refractivity contribution is -0.133. The summed E-state index contributed by atoms with van der Waals surface area (Å²) in [5.41, 5.74) is 2.56. The van der Waals surface area contributed by atoms with Gasteiger partial charge in [0.15, 0.2) is 0 Å². The molecule has 1 fully saturated rings. The minimum absolute atomic E-state index is 0.203. The van der Waals surface area contributed by atoms with Crippen LogP contribution in [0.4, 0.5) is 0 Å². The van der Waals surface area contributed by atoms with Crippen molar-refractivity contribution in [2.24, 2.45) is 5.41 Å². The van der Waals surface area contributed by atoms with E-state index in [0.29, 0.717) is 6.61 Å². The third-order valence-electron chi connectivity index (χ3n) is 5.84. The van der Waals surface area contributed by atoms with Crippen LogP contribution in [0.25, 0.3) is 11.1 Å². The van der Waals surface area contributed by atoms with Crippen LogP contribution in [0.2, 0.25) is 0 Å². The number of hydrogen-bond donors (Lipinski definition) is 0. The molecule has 168 valence electrons. The van der Waals surface area contributed by atoms with E-state index >= 15 is 0 Å². The first-order chi connectivity index (χ1) is 15.2. The van der Waals surface area contributed by atoms with Crippen LogP contribution in [-0.4, -0.2) is 39.6 Å². The number of ether oxygens (including phenoxy) is 4. The van der Waals surface area contributed by atoms with Gasteiger partial charge in [-0.2, -0.15) is 0 Å². The van der Waals surface area contributed by atoms with Gasteiger partial charge in [0, 0.05) is 6.61 Å². The molecule has 4 nitrogen and oxygen atoms in total. The second-order valence-electron chi connectivity index (χ2n) is 8.31. The molecule has 0 bridgehead atoms. The summed E-state index contributed by atoms with van der Waals surface area (Å²) in [6, 6.07) is 16.6. The minimum Gasteiger partial charge on any atom is -0.494 e. The van der Waals surface area contributed by atoms with Crippen molar-refractivity contribution >= 4 is 0 Å². The predicted molar refractivity (Wildman–Crippen MR) is 126 cm³/mol. The summed E-state index contributed by atoms with van der Waals surface area (Å²) in [5.74, 6) is 1.83. The van der Waals surface area contributed by atoms with E-state index in [-0.39, 0.29) is 5.41 Å². The molecule has 0 atom stereocenters. The Bertz CT molecular complexity index is 757. The Balaban J connectivity index is 1.36. The molecule has 0 unspecified atom stereocenters. The first-order valence-electron chi connectivity index (χ1n) is 11.5. The average molecular weight is 425 g/mol. The number of unbranched alkanes of at least 4 members (excludes halogenated alkanes) is 3. The maximum Gasteiger partial charge on any atom is 0.119 e. The summed E-state index contributed by atoms with van der Waals surface area (Å²) < 4.78 is 22.6. The Morgan fingerprint density at radius 2 is 1.42 bits per heavy atom. The molecule has 2 aromatic carbocycles. The lowest BCUT2D eigenvalue weighted by Crippen LogP contribution is -2.46. The number of rotatable bonds is 15. The molecule has 1 aliphatic rings. The molecule has 1 aliphatic heterocycles. The standard InChI is InChI=1S/C27H36O4/c1-3-17-28-18-7-5-6-8-19-30-25-13-9-23(10-14-25)24-11-15-26(16-12-24)31-22-27(4-2)20-29-21-27/h3,9-16H,1,4-8,17-22H2,2H3. The summed E-state index contributed by atoms with van der Waals surface area (Å²) >= 11 is 0. The molecule has 3 rings (SSSR count). The quantitative estimate of drug-likeness (QED) is 0.248. The van der Waals surface area contributed by atoms with Gasteiger partial charge < -0.3 is 18.9 Å². The van der Waals surface area contributed by atoms with Crippen LogP contribution in [-0.2, 0) is 9.47 Å². The van der Waals surface area contributed by atoms with Crippen LogP contribution in [0.5, 0.6) is 11.5 Å². The van der Waals surface area contributed by atoms with Crippen LogP contribution in [0.3, 0.4) is 0 Å². The zero-order chi connectivity index (χ0) is 21.8. The normalized spacial score (nSPS) is 14.6. The smallest absolute Gasteiger partial charge is 0.119 e. The molecule has 2 aromatic rings. The van der Waals surface area contributed by atoms with Crippen LogP contribution in [0.1, 0.15) is 39.0 Å². The Hall–Kier alpha value is -2.30. The fourth-order valence-electron chi connectivity index (χ4n) is 3.52. The molecule has 0 spiro atoms. The molecule has 4 heteroatoms. The molecule has 0 aromatic heterocycles. The zero-order valence-electron chi connectivity index (χ0n) is 18.8. The van der Waals surface area contributed by atoms with Crippen molar-refractivity contribution in [2.75, 3.05) is 39.6 Å². The first kappa shape index (κ1) is 23.4. The molecule has 0 saturated carbocycles. The molecular formula is C27H36O4. The van der Waals surface area contributed by atoms with E-state index in [1.807, 2.05) is 24.3 Å². The van der Waals surface area contributed by atoms with E-state index in [1.165, 1.54) is 17.5 Å². The highest BCUT2D eigenvalue weighted by atomic mass is 16.5. The van der Waals surface area contributed by atoms with E-state index in [4.69, 9.17) is 18.9 Å². The van der Waals surface area contributed by atoms with E-state index in [2.05, 4.69) is 37.8 Å². The van der Waals surface area contributed by atoms with Crippen LogP contribution >= 0.6 is 0 Å². The SMILES string of the molecule is C=CCOCCCCCCOc1ccc(-c2ccc(OCC3(CC)COC3)cc2)cc1. The van der Waals surface area contributed by atoms with E-state index in [0.717, 1.165) is 70.2 Å². The third kappa shape index (κ3) is 7.41. The van der Waals surface area contributed by atoms with Crippen molar-refractivity contribution in [2.45, 2.75) is 39.0 Å². The topological polar surface area (TPSA) is 36.9 Å². The van der Waals surface area contributed by atoms with E-state index < -0.39 is 0 Å². The molecule has 0 N–H and O–H groups in total. The maximum absolute atomic E-state index is 6.00. The van der Waals surface area contributed by atoms with Gasteiger partial charge in [-0.15, -0.1) is 6.58 Å². The largest absolute Gasteiger partial charge is 0.494 e. The van der Waals surface area contributed by atoms with Gasteiger partial charge in [0.2, 0.25) is 0 Å². The lowest BCUT2D eigenvalue weighted by Gasteiger charge is -2.40. The highest BCUT2D eigenvalue weighted by molar-refractivity contribution is 5.64. The summed E-state index contributed by atoms with van der Waals surface area (Å²) in [4.78, 5) is 0. The number of benzene rings is 2. The van der Waals surface area contributed by atoms with Gasteiger partial charge in [-0.3, -0.25) is 0 Å². The fraction of sp³-hybridized carbons (Fsp3) is 0.481. The monoisotopic (exact) mass is 424 g/mol. The summed E-state index contributed by atoms with van der Waals surface area (Å²) in [6.07, 6.45) is 7.38. The van der Waals surface area contributed by atoms with Crippen molar-refractivity contribution in [3.63, 3.8) is 0 Å². The Labute approximate surface area is 187 Å². The molecule has 0 aliphatic carbocycles. The second-order valence-corrected chi connectivity index (χ2v) is 8.31. The number of hydrogen-bond acceptors (Lipinski definition) is 4. The van der Waals surface area contributed by atoms with Gasteiger partial charge in [-0.1, -0.05) is 43.7 Å². The average Bonchev–Trinajstić information content (AvgIpc) is 2.78. The Kier molecular flexibility index (Phi) is 9.44. The summed E-state index contributed by atoms with van der Waals surface area (Å²) in [5, 5.41) is 0. The molecule has 1 saturated heterocycles. The Morgan fingerprint density at radius 3 is 1.94 bits per heavy atom. The van der Waals surface area contributed by atoms with Crippen molar-refractivity contribution in [3.8, 4) is 22.6 Å². The van der Waals surface area contributed by atoms with Gasteiger partial charge in [0.1, 0.15) is 11.5 Å². The molecule has 0 radical (unpaired) electrons. The second kappa shape index (κ2) is 12.5. The predicted octanol–water partition coefficient (Wildman–Crippen LogP) is 6.30. The molecular weight excluding hydrogens is 388 g/mol. The van der Waals surface area contributed by atoms with Crippen LogP contribution in [0, 0.1) is 5.41 Å². The van der Waals surface area contributed by atoms with Crippen molar-refractivity contribution < 1.29 is 18.9 Å². The van der Waals surface area contributed by atoms with Crippen molar-refractivity contribution in [1.29, 1.82) is 0 Å². The Morgan fingerprint density at radius 1 is 0.839 bits per heavy atom. The lowest BCUT2D eigenvalue weighted by atomic mass is 9.84. The fourth-order valence-corrected chi connectivity index (χ4v) is 3.52. The zero-order valence-corrected chi connectivity index (χ0v) is 18.8. The minimum atomic E-state index is 0.203. The highest BCUT2D eigenvalue weighted by Crippen LogP contribution is 2.32. The van der Waals surface area contributed by atoms with Gasteiger partial charge in [-0.25, -0.2) is 0 Å². The maximum atomic E-state index is 6.00. The van der Waals surface area contributed by atoms with E-state index in [9.17, 15) is 0 Å². The van der Waals surface area contributed by atoms with Crippen molar-refractivity contribution in [3.05, 3.63) is 61.2 Å². The summed E-state index contributed by atoms with van der Waals surface area (Å²) in [6.45, 7) is 10.4. The molecule has 31 heavy (non-hydrogen) atoms. The van der Waals surface area contributed by atoms with Crippen LogP contribution < -0.4 is 9.47 Å². The highest BCUT2D eigenvalue weighted by Gasteiger charge is 2.37. The van der Waals surface area contributed by atoms with Crippen molar-refractivity contribution in [1.82, 2.24) is 0 Å². The van der Waals surface area contributed by atoms with Gasteiger partial charge in [0.25, 0.3) is 0 Å². The van der Waals surface area contributed by atoms with Gasteiger partial charge in [-0.05, 0) is 61.1 Å². The van der Waals surface area contributed by atoms with E-state index in [1.54, 1.807) is 6.08 Å². The van der Waals surface area contributed by atoms with Gasteiger partial charge >= 0.3 is 0 Å². The summed E-state index contributed by atoms with van der Waals surface area (Å²) in [7, 11) is 0. The first-order valence-corrected chi connectivity index (χ1v) is 11.5. The van der Waals surface area contributed by atoms with Gasteiger partial charge in [0.05, 0.1) is 38.4 Å². The third-order valence-corrected chi connectivity index (χ3v) is 5.84.